The Bertz CT molecular complexity index is 669. The Kier molecular flexibility index (Phi) is 9.00. The molecule has 3 rings (SSSR count). The first-order chi connectivity index (χ1) is 14.6. The molecule has 3 atom stereocenters. The zero-order valence-corrected chi connectivity index (χ0v) is 17.3. The number of aliphatic hydroxyl groups excluding tert-OH is 1. The van der Waals surface area contributed by atoms with Crippen molar-refractivity contribution in [2.45, 2.75) is 43.9 Å². The highest BCUT2D eigenvalue weighted by atomic mass is 16.5. The van der Waals surface area contributed by atoms with Gasteiger partial charge in [-0.2, -0.15) is 0 Å². The number of pyridine rings is 1. The Labute approximate surface area is 177 Å². The van der Waals surface area contributed by atoms with Crippen LogP contribution in [-0.2, 0) is 25.5 Å². The Morgan fingerprint density at radius 3 is 2.77 bits per heavy atom. The van der Waals surface area contributed by atoms with Gasteiger partial charge in [-0.05, 0) is 31.4 Å². The van der Waals surface area contributed by atoms with Crippen molar-refractivity contribution in [2.24, 2.45) is 0 Å². The molecule has 2 fully saturated rings. The molecule has 1 aromatic heterocycles. The van der Waals surface area contributed by atoms with Gasteiger partial charge in [-0.1, -0.05) is 6.07 Å². The highest BCUT2D eigenvalue weighted by Gasteiger charge is 2.31. The number of ether oxygens (including phenoxy) is 2. The van der Waals surface area contributed by atoms with Crippen LogP contribution in [0.3, 0.4) is 0 Å². The van der Waals surface area contributed by atoms with E-state index in [0.717, 1.165) is 25.9 Å². The molecule has 0 unspecified atom stereocenters. The molecule has 0 aliphatic carbocycles. The Morgan fingerprint density at radius 2 is 2.03 bits per heavy atom. The number of carbonyl (C=O) groups excluding carboxylic acids is 2. The summed E-state index contributed by atoms with van der Waals surface area (Å²) in [6.45, 7) is 3.67. The number of aliphatic hydroxyl groups is 1. The van der Waals surface area contributed by atoms with E-state index in [0.29, 0.717) is 38.4 Å². The lowest BCUT2D eigenvalue weighted by molar-refractivity contribution is -0.129. The summed E-state index contributed by atoms with van der Waals surface area (Å²) >= 11 is 0. The van der Waals surface area contributed by atoms with Crippen LogP contribution in [-0.4, -0.2) is 91.1 Å². The Balaban J connectivity index is 1.35. The number of carbonyl (C=O) groups is 2. The quantitative estimate of drug-likeness (QED) is 0.493. The first-order valence-electron chi connectivity index (χ1n) is 10.7. The second-order valence-corrected chi connectivity index (χ2v) is 7.76. The first-order valence-corrected chi connectivity index (χ1v) is 10.7. The van der Waals surface area contributed by atoms with Crippen LogP contribution in [0.1, 0.15) is 25.0 Å². The fraction of sp³-hybridized carbons (Fsp3) is 0.667. The highest BCUT2D eigenvalue weighted by molar-refractivity contribution is 5.78. The fourth-order valence-corrected chi connectivity index (χ4v) is 3.83. The number of aromatic nitrogens is 1. The minimum Gasteiger partial charge on any atom is -0.394 e. The van der Waals surface area contributed by atoms with E-state index >= 15 is 0 Å². The zero-order valence-electron chi connectivity index (χ0n) is 17.3. The SMILES string of the molecule is O=C(CN1CCOCC1)NCC[C@H]1CC[C@@H](NC(=O)Cc2ccccn2)[C@H](CO)O1. The van der Waals surface area contributed by atoms with E-state index in [1.54, 1.807) is 6.20 Å². The minimum absolute atomic E-state index is 0.00563. The topological polar surface area (TPSA) is 113 Å². The summed E-state index contributed by atoms with van der Waals surface area (Å²) in [5, 5.41) is 15.6. The standard InChI is InChI=1S/C21H32N4O5/c26-15-19-18(24-20(27)13-16-3-1-2-7-22-16)5-4-17(30-19)6-8-23-21(28)14-25-9-11-29-12-10-25/h1-3,7,17-19,26H,4-6,8-15H2,(H,23,28)(H,24,27)/t17-,18-,19+/m1/s1. The molecule has 0 bridgehead atoms. The van der Waals surface area contributed by atoms with Gasteiger partial charge in [0.2, 0.25) is 11.8 Å². The van der Waals surface area contributed by atoms with Crippen molar-refractivity contribution in [3.8, 4) is 0 Å². The molecule has 0 aromatic carbocycles. The summed E-state index contributed by atoms with van der Waals surface area (Å²) in [7, 11) is 0. The van der Waals surface area contributed by atoms with Gasteiger partial charge in [0, 0.05) is 31.5 Å². The van der Waals surface area contributed by atoms with Gasteiger partial charge in [-0.15, -0.1) is 0 Å². The van der Waals surface area contributed by atoms with Crippen LogP contribution in [0.2, 0.25) is 0 Å². The molecule has 0 saturated carbocycles. The van der Waals surface area contributed by atoms with Gasteiger partial charge in [0.1, 0.15) is 6.10 Å². The van der Waals surface area contributed by atoms with E-state index in [4.69, 9.17) is 9.47 Å². The van der Waals surface area contributed by atoms with E-state index in [2.05, 4.69) is 20.5 Å². The lowest BCUT2D eigenvalue weighted by Crippen LogP contribution is -2.51. The number of amides is 2. The van der Waals surface area contributed by atoms with Gasteiger partial charge >= 0.3 is 0 Å². The predicted molar refractivity (Wildman–Crippen MR) is 110 cm³/mol. The van der Waals surface area contributed by atoms with Crippen LogP contribution in [0.25, 0.3) is 0 Å². The molecule has 2 aliphatic heterocycles. The molecule has 3 N–H and O–H groups in total. The van der Waals surface area contributed by atoms with Crippen molar-refractivity contribution < 1.29 is 24.2 Å². The lowest BCUT2D eigenvalue weighted by atomic mass is 9.97. The van der Waals surface area contributed by atoms with E-state index in [-0.39, 0.29) is 37.0 Å². The van der Waals surface area contributed by atoms with Crippen LogP contribution in [0.5, 0.6) is 0 Å². The molecule has 0 spiro atoms. The summed E-state index contributed by atoms with van der Waals surface area (Å²) < 4.78 is 11.3. The van der Waals surface area contributed by atoms with Crippen LogP contribution in [0.4, 0.5) is 0 Å². The number of nitrogens with zero attached hydrogens (tertiary/aromatic N) is 2. The molecule has 9 nitrogen and oxygen atoms in total. The Hall–Kier alpha value is -2.07. The van der Waals surface area contributed by atoms with Crippen LogP contribution in [0.15, 0.2) is 24.4 Å². The predicted octanol–water partition coefficient (Wildman–Crippen LogP) is -0.513. The molecule has 0 radical (unpaired) electrons. The normalized spacial score (nSPS) is 24.9. The Morgan fingerprint density at radius 1 is 1.20 bits per heavy atom. The molecule has 30 heavy (non-hydrogen) atoms. The maximum Gasteiger partial charge on any atom is 0.234 e. The van der Waals surface area contributed by atoms with Gasteiger partial charge in [0.05, 0.1) is 44.9 Å². The maximum atomic E-state index is 12.3. The van der Waals surface area contributed by atoms with Crippen molar-refractivity contribution in [3.63, 3.8) is 0 Å². The molecule has 2 aliphatic rings. The molecule has 166 valence electrons. The average Bonchev–Trinajstić information content (AvgIpc) is 2.76. The molecule has 3 heterocycles. The van der Waals surface area contributed by atoms with E-state index in [1.807, 2.05) is 18.2 Å². The molecule has 2 saturated heterocycles. The van der Waals surface area contributed by atoms with Gasteiger partial charge < -0.3 is 25.2 Å². The number of nitrogens with one attached hydrogen (secondary N) is 2. The van der Waals surface area contributed by atoms with Gasteiger partial charge in [0.25, 0.3) is 0 Å². The molecule has 9 heteroatoms. The number of hydrogen-bond acceptors (Lipinski definition) is 7. The second-order valence-electron chi connectivity index (χ2n) is 7.76. The summed E-state index contributed by atoms with van der Waals surface area (Å²) in [5.41, 5.74) is 0.706. The number of hydrogen-bond donors (Lipinski definition) is 3. The molecule has 1 aromatic rings. The van der Waals surface area contributed by atoms with Gasteiger partial charge in [-0.25, -0.2) is 0 Å². The van der Waals surface area contributed by atoms with Crippen LogP contribution < -0.4 is 10.6 Å². The molecular weight excluding hydrogens is 388 g/mol. The largest absolute Gasteiger partial charge is 0.394 e. The van der Waals surface area contributed by atoms with E-state index in [9.17, 15) is 14.7 Å². The minimum atomic E-state index is -0.444. The average molecular weight is 421 g/mol. The van der Waals surface area contributed by atoms with Crippen molar-refractivity contribution >= 4 is 11.8 Å². The van der Waals surface area contributed by atoms with Crippen molar-refractivity contribution in [2.75, 3.05) is 46.0 Å². The smallest absolute Gasteiger partial charge is 0.234 e. The summed E-state index contributed by atoms with van der Waals surface area (Å²) in [6.07, 6.45) is 3.55. The number of morpholine rings is 1. The lowest BCUT2D eigenvalue weighted by Gasteiger charge is -2.36. The van der Waals surface area contributed by atoms with Gasteiger partial charge in [0.15, 0.2) is 0 Å². The van der Waals surface area contributed by atoms with Crippen LogP contribution >= 0.6 is 0 Å². The maximum absolute atomic E-state index is 12.3. The first kappa shape index (κ1) is 22.6. The number of rotatable bonds is 9. The third kappa shape index (κ3) is 7.32. The van der Waals surface area contributed by atoms with Crippen molar-refractivity contribution in [3.05, 3.63) is 30.1 Å². The molecule has 2 amide bonds. The summed E-state index contributed by atoms with van der Waals surface area (Å²) in [4.78, 5) is 30.6. The molecular formula is C21H32N4O5. The van der Waals surface area contributed by atoms with E-state index < -0.39 is 6.10 Å². The van der Waals surface area contributed by atoms with Gasteiger partial charge in [-0.3, -0.25) is 19.5 Å². The van der Waals surface area contributed by atoms with Crippen molar-refractivity contribution in [1.82, 2.24) is 20.5 Å². The fourth-order valence-electron chi connectivity index (χ4n) is 3.83. The summed E-state index contributed by atoms with van der Waals surface area (Å²) in [5.74, 6) is -0.124. The third-order valence-electron chi connectivity index (χ3n) is 5.47. The second kappa shape index (κ2) is 11.9. The highest BCUT2D eigenvalue weighted by Crippen LogP contribution is 2.21. The van der Waals surface area contributed by atoms with Crippen LogP contribution in [0, 0.1) is 0 Å². The zero-order chi connectivity index (χ0) is 21.2. The van der Waals surface area contributed by atoms with E-state index in [1.165, 1.54) is 0 Å². The third-order valence-corrected chi connectivity index (χ3v) is 5.47. The summed E-state index contributed by atoms with van der Waals surface area (Å²) in [6, 6.07) is 5.24. The van der Waals surface area contributed by atoms with Crippen molar-refractivity contribution in [1.29, 1.82) is 0 Å². The monoisotopic (exact) mass is 420 g/mol.